The summed E-state index contributed by atoms with van der Waals surface area (Å²) in [6.45, 7) is 2.01. The fourth-order valence-electron chi connectivity index (χ4n) is 4.52. The van der Waals surface area contributed by atoms with Crippen LogP contribution in [0, 0.1) is 0 Å². The van der Waals surface area contributed by atoms with Crippen molar-refractivity contribution in [2.75, 3.05) is 13.1 Å². The number of Topliss-reactive ketones (excluding diaryl/α,β-unsaturated/α-hetero) is 1. The van der Waals surface area contributed by atoms with E-state index in [1.54, 1.807) is 0 Å². The van der Waals surface area contributed by atoms with Crippen molar-refractivity contribution in [2.24, 2.45) is 0 Å². The number of likely N-dealkylation sites (tertiary alicyclic amines) is 1. The Morgan fingerprint density at radius 3 is 1.74 bits per heavy atom. The van der Waals surface area contributed by atoms with Gasteiger partial charge in [0.25, 0.3) is 0 Å². The van der Waals surface area contributed by atoms with Crippen molar-refractivity contribution in [2.45, 2.75) is 12.8 Å². The van der Waals surface area contributed by atoms with Gasteiger partial charge in [0, 0.05) is 30.4 Å². The first-order chi connectivity index (χ1) is 16.8. The fourth-order valence-corrected chi connectivity index (χ4v) is 6.97. The highest BCUT2D eigenvalue weighted by molar-refractivity contribution is 7.80. The van der Waals surface area contributed by atoms with Crippen molar-refractivity contribution < 1.29 is 4.79 Å². The summed E-state index contributed by atoms with van der Waals surface area (Å²) in [6, 6.07) is 39.4. The van der Waals surface area contributed by atoms with Crippen LogP contribution < -0.4 is 15.9 Å². The third-order valence-corrected chi connectivity index (χ3v) is 8.70. The Balaban J connectivity index is 1.64. The number of rotatable bonds is 7. The van der Waals surface area contributed by atoms with Crippen molar-refractivity contribution in [1.82, 2.24) is 4.90 Å². The number of hydrogen-bond donors (Lipinski definition) is 0. The molecule has 1 heterocycles. The summed E-state index contributed by atoms with van der Waals surface area (Å²) in [5.41, 5.74) is 2.53. The van der Waals surface area contributed by atoms with E-state index >= 15 is 0 Å². The zero-order valence-electron chi connectivity index (χ0n) is 19.2. The lowest BCUT2D eigenvalue weighted by atomic mass is 9.97. The lowest BCUT2D eigenvalue weighted by Gasteiger charge is -2.23. The summed E-state index contributed by atoms with van der Waals surface area (Å²) in [7, 11) is -0.870. The summed E-state index contributed by atoms with van der Waals surface area (Å²) in [5, 5.41) is 3.59. The quantitative estimate of drug-likeness (QED) is 0.198. The minimum atomic E-state index is -0.870. The molecule has 2 nitrogen and oxygen atoms in total. The molecule has 0 amide bonds. The lowest BCUT2D eigenvalue weighted by Crippen LogP contribution is -2.26. The first-order valence-electron chi connectivity index (χ1n) is 11.9. The zero-order valence-corrected chi connectivity index (χ0v) is 20.1. The third kappa shape index (κ3) is 4.88. The highest BCUT2D eigenvalue weighted by Crippen LogP contribution is 2.35. The molecule has 0 radical (unpaired) electrons. The number of carbonyl (C=O) groups excluding carboxylic acids is 1. The first-order valence-corrected chi connectivity index (χ1v) is 13.2. The van der Waals surface area contributed by atoms with Crippen molar-refractivity contribution >= 4 is 35.2 Å². The van der Waals surface area contributed by atoms with E-state index in [0.29, 0.717) is 0 Å². The van der Waals surface area contributed by atoms with Crippen molar-refractivity contribution in [3.05, 3.63) is 133 Å². The van der Waals surface area contributed by atoms with Crippen LogP contribution in [0.15, 0.2) is 121 Å². The molecule has 1 saturated heterocycles. The third-order valence-electron chi connectivity index (χ3n) is 6.20. The highest BCUT2D eigenvalue weighted by atomic mass is 31.1. The van der Waals surface area contributed by atoms with Crippen LogP contribution in [0.3, 0.4) is 0 Å². The van der Waals surface area contributed by atoms with E-state index < -0.39 is 7.92 Å². The van der Waals surface area contributed by atoms with Gasteiger partial charge in [0.05, 0.1) is 0 Å². The molecule has 3 heteroatoms. The second-order valence-electron chi connectivity index (χ2n) is 8.50. The molecule has 34 heavy (non-hydrogen) atoms. The monoisotopic (exact) mass is 461 g/mol. The zero-order chi connectivity index (χ0) is 23.2. The van der Waals surface area contributed by atoms with E-state index in [9.17, 15) is 4.79 Å². The molecule has 1 aliphatic rings. The lowest BCUT2D eigenvalue weighted by molar-refractivity contribution is 0.105. The Hall–Kier alpha value is -3.48. The van der Waals surface area contributed by atoms with Gasteiger partial charge in [-0.15, -0.1) is 0 Å². The van der Waals surface area contributed by atoms with Crippen molar-refractivity contribution in [1.29, 1.82) is 0 Å². The van der Waals surface area contributed by atoms with Gasteiger partial charge >= 0.3 is 0 Å². The van der Waals surface area contributed by atoms with Crippen molar-refractivity contribution in [3.63, 3.8) is 0 Å². The molecule has 1 aliphatic heterocycles. The predicted octanol–water partition coefficient (Wildman–Crippen LogP) is 5.76. The number of benzene rings is 4. The topological polar surface area (TPSA) is 20.3 Å². The Morgan fingerprint density at radius 1 is 0.647 bits per heavy atom. The molecule has 168 valence electrons. The summed E-state index contributed by atoms with van der Waals surface area (Å²) in [6.07, 6.45) is 4.45. The standard InChI is InChI=1S/C31H28NOP/c33-31(29(24-32-22-12-13-23-32)25-14-4-1-5-15-25)28-20-10-11-21-30(28)34(26-16-6-2-7-17-26)27-18-8-3-9-19-27/h1-11,14-21,24H,12-13,22-23H2. The maximum Gasteiger partial charge on any atom is 0.195 e. The van der Waals surface area contributed by atoms with Gasteiger partial charge in [-0.25, -0.2) is 0 Å². The molecule has 1 fully saturated rings. The van der Waals surface area contributed by atoms with Crippen LogP contribution in [0.1, 0.15) is 28.8 Å². The molecular weight excluding hydrogens is 433 g/mol. The van der Waals surface area contributed by atoms with E-state index in [1.807, 2.05) is 54.6 Å². The number of nitrogens with zero attached hydrogens (tertiary/aromatic N) is 1. The number of carbonyl (C=O) groups is 1. The van der Waals surface area contributed by atoms with Crippen LogP contribution in [0.2, 0.25) is 0 Å². The van der Waals surface area contributed by atoms with E-state index in [1.165, 1.54) is 23.5 Å². The maximum atomic E-state index is 14.2. The maximum absolute atomic E-state index is 14.2. The minimum Gasteiger partial charge on any atom is -0.377 e. The SMILES string of the molecule is O=C(C(=CN1CCCC1)c1ccccc1)c1ccccc1P(c1ccccc1)c1ccccc1. The van der Waals surface area contributed by atoms with Crippen LogP contribution in [-0.4, -0.2) is 23.8 Å². The second kappa shape index (κ2) is 10.6. The van der Waals surface area contributed by atoms with Gasteiger partial charge in [0.1, 0.15) is 0 Å². The van der Waals surface area contributed by atoms with Crippen LogP contribution in [0.25, 0.3) is 5.57 Å². The Kier molecular flexibility index (Phi) is 6.98. The normalized spacial score (nSPS) is 13.9. The molecule has 0 aromatic heterocycles. The molecule has 0 atom stereocenters. The van der Waals surface area contributed by atoms with E-state index in [4.69, 9.17) is 0 Å². The van der Waals surface area contributed by atoms with Gasteiger partial charge in [0.15, 0.2) is 5.78 Å². The molecule has 5 rings (SSSR count). The summed E-state index contributed by atoms with van der Waals surface area (Å²) >= 11 is 0. The molecule has 0 aliphatic carbocycles. The van der Waals surface area contributed by atoms with Gasteiger partial charge in [-0.05, 0) is 42.2 Å². The molecule has 4 aromatic rings. The smallest absolute Gasteiger partial charge is 0.195 e. The largest absolute Gasteiger partial charge is 0.377 e. The van der Waals surface area contributed by atoms with E-state index in [0.717, 1.165) is 35.1 Å². The number of allylic oxidation sites excluding steroid dienone is 1. The van der Waals surface area contributed by atoms with Crippen LogP contribution >= 0.6 is 7.92 Å². The Bertz CT molecular complexity index is 1220. The predicted molar refractivity (Wildman–Crippen MR) is 145 cm³/mol. The molecule has 0 N–H and O–H groups in total. The van der Waals surface area contributed by atoms with Crippen LogP contribution in [0.5, 0.6) is 0 Å². The first kappa shape index (κ1) is 22.3. The minimum absolute atomic E-state index is 0.0908. The summed E-state index contributed by atoms with van der Waals surface area (Å²) in [5.74, 6) is 0.0908. The molecule has 0 saturated carbocycles. The average molecular weight is 462 g/mol. The molecule has 0 spiro atoms. The summed E-state index contributed by atoms with van der Waals surface area (Å²) < 4.78 is 0. The highest BCUT2D eigenvalue weighted by Gasteiger charge is 2.25. The van der Waals surface area contributed by atoms with Crippen LogP contribution in [0.4, 0.5) is 0 Å². The van der Waals surface area contributed by atoms with Gasteiger partial charge in [0.2, 0.25) is 0 Å². The van der Waals surface area contributed by atoms with Gasteiger partial charge in [-0.3, -0.25) is 4.79 Å². The van der Waals surface area contributed by atoms with Gasteiger partial charge in [-0.1, -0.05) is 115 Å². The molecular formula is C31H28NOP. The number of ketones is 1. The van der Waals surface area contributed by atoms with E-state index in [-0.39, 0.29) is 5.78 Å². The number of hydrogen-bond acceptors (Lipinski definition) is 2. The van der Waals surface area contributed by atoms with Crippen LogP contribution in [-0.2, 0) is 0 Å². The van der Waals surface area contributed by atoms with E-state index in [2.05, 4.69) is 71.8 Å². The molecule has 4 aromatic carbocycles. The van der Waals surface area contributed by atoms with Crippen molar-refractivity contribution in [3.8, 4) is 0 Å². The summed E-state index contributed by atoms with van der Waals surface area (Å²) in [4.78, 5) is 16.5. The second-order valence-corrected chi connectivity index (χ2v) is 10.7. The average Bonchev–Trinajstić information content (AvgIpc) is 3.43. The Morgan fingerprint density at radius 2 is 1.15 bits per heavy atom. The Labute approximate surface area is 203 Å². The van der Waals surface area contributed by atoms with Gasteiger partial charge in [-0.2, -0.15) is 0 Å². The fraction of sp³-hybridized carbons (Fsp3) is 0.129. The molecule has 0 unspecified atom stereocenters. The molecule has 0 bridgehead atoms. The van der Waals surface area contributed by atoms with Gasteiger partial charge < -0.3 is 4.90 Å².